The third kappa shape index (κ3) is 6.53. The van der Waals surface area contributed by atoms with Crippen molar-refractivity contribution >= 4 is 12.0 Å². The van der Waals surface area contributed by atoms with Crippen LogP contribution in [-0.2, 0) is 11.4 Å². The highest BCUT2D eigenvalue weighted by Gasteiger charge is 2.28. The number of halogens is 3. The average Bonchev–Trinajstić information content (AvgIpc) is 3.02. The van der Waals surface area contributed by atoms with E-state index in [0.29, 0.717) is 22.8 Å². The second-order valence-corrected chi connectivity index (χ2v) is 6.62. The van der Waals surface area contributed by atoms with Gasteiger partial charge in [-0.25, -0.2) is 0 Å². The number of aromatic nitrogens is 1. The first-order chi connectivity index (χ1) is 14.1. The molecule has 1 aromatic carbocycles. The standard InChI is InChI=1S/C21H25F3N2O4/c1-5-26(11-10-21(22,23)24)20(27)9-7-16-6-8-18(19(12-16)28-4)29-13-17-14(2)25-30-15(17)3/h6-9,12H,5,10-11,13H2,1-4H3/b9-7+. The molecule has 9 heteroatoms. The molecule has 164 valence electrons. The molecule has 0 aliphatic rings. The number of carbonyl (C=O) groups is 1. The van der Waals surface area contributed by atoms with Crippen LogP contribution in [0.2, 0.25) is 0 Å². The number of benzene rings is 1. The molecule has 0 atom stereocenters. The van der Waals surface area contributed by atoms with Crippen LogP contribution in [0.25, 0.3) is 6.08 Å². The second-order valence-electron chi connectivity index (χ2n) is 6.62. The number of carbonyl (C=O) groups excluding carboxylic acids is 1. The minimum absolute atomic E-state index is 0.192. The summed E-state index contributed by atoms with van der Waals surface area (Å²) in [4.78, 5) is 13.3. The van der Waals surface area contributed by atoms with Crippen molar-refractivity contribution in [2.24, 2.45) is 0 Å². The maximum Gasteiger partial charge on any atom is 0.390 e. The van der Waals surface area contributed by atoms with E-state index in [1.165, 1.54) is 19.3 Å². The molecule has 0 unspecified atom stereocenters. The van der Waals surface area contributed by atoms with Crippen molar-refractivity contribution in [2.45, 2.75) is 40.0 Å². The zero-order valence-electron chi connectivity index (χ0n) is 17.4. The van der Waals surface area contributed by atoms with E-state index in [4.69, 9.17) is 14.0 Å². The van der Waals surface area contributed by atoms with Crippen LogP contribution in [0.5, 0.6) is 11.5 Å². The van der Waals surface area contributed by atoms with E-state index in [9.17, 15) is 18.0 Å². The van der Waals surface area contributed by atoms with Crippen molar-refractivity contribution in [1.82, 2.24) is 10.1 Å². The monoisotopic (exact) mass is 426 g/mol. The van der Waals surface area contributed by atoms with Gasteiger partial charge in [0.15, 0.2) is 11.5 Å². The van der Waals surface area contributed by atoms with Gasteiger partial charge < -0.3 is 18.9 Å². The van der Waals surface area contributed by atoms with E-state index in [2.05, 4.69) is 5.16 Å². The van der Waals surface area contributed by atoms with Crippen LogP contribution >= 0.6 is 0 Å². The van der Waals surface area contributed by atoms with Crippen molar-refractivity contribution in [3.63, 3.8) is 0 Å². The average molecular weight is 426 g/mol. The lowest BCUT2D eigenvalue weighted by molar-refractivity contribution is -0.143. The third-order valence-corrected chi connectivity index (χ3v) is 4.52. The third-order valence-electron chi connectivity index (χ3n) is 4.52. The Morgan fingerprint density at radius 1 is 1.27 bits per heavy atom. The van der Waals surface area contributed by atoms with Gasteiger partial charge >= 0.3 is 6.18 Å². The van der Waals surface area contributed by atoms with E-state index in [-0.39, 0.29) is 19.7 Å². The summed E-state index contributed by atoms with van der Waals surface area (Å²) >= 11 is 0. The molecule has 2 aromatic rings. The Morgan fingerprint density at radius 3 is 2.57 bits per heavy atom. The van der Waals surface area contributed by atoms with E-state index < -0.39 is 18.5 Å². The van der Waals surface area contributed by atoms with E-state index >= 15 is 0 Å². The van der Waals surface area contributed by atoms with E-state index in [0.717, 1.165) is 16.2 Å². The van der Waals surface area contributed by atoms with Gasteiger partial charge in [-0.1, -0.05) is 11.2 Å². The summed E-state index contributed by atoms with van der Waals surface area (Å²) in [5.41, 5.74) is 2.25. The summed E-state index contributed by atoms with van der Waals surface area (Å²) in [6, 6.07) is 5.10. The van der Waals surface area contributed by atoms with E-state index in [1.807, 2.05) is 6.92 Å². The predicted octanol–water partition coefficient (Wildman–Crippen LogP) is 4.69. The molecule has 0 saturated heterocycles. The number of rotatable bonds is 9. The Balaban J connectivity index is 2.05. The molecule has 0 spiro atoms. The van der Waals surface area contributed by atoms with Crippen LogP contribution in [0.4, 0.5) is 13.2 Å². The molecule has 0 N–H and O–H groups in total. The largest absolute Gasteiger partial charge is 0.493 e. The fraction of sp³-hybridized carbons (Fsp3) is 0.429. The number of hydrogen-bond donors (Lipinski definition) is 0. The molecule has 1 amide bonds. The van der Waals surface area contributed by atoms with Crippen molar-refractivity contribution < 1.29 is 32.0 Å². The second kappa shape index (κ2) is 10.2. The quantitative estimate of drug-likeness (QED) is 0.544. The molecule has 0 fully saturated rings. The highest BCUT2D eigenvalue weighted by molar-refractivity contribution is 5.91. The Hall–Kier alpha value is -2.97. The first-order valence-corrected chi connectivity index (χ1v) is 9.41. The summed E-state index contributed by atoms with van der Waals surface area (Å²) in [5, 5.41) is 3.88. The lowest BCUT2D eigenvalue weighted by atomic mass is 10.1. The van der Waals surface area contributed by atoms with Crippen LogP contribution in [0, 0.1) is 13.8 Å². The Bertz CT molecular complexity index is 871. The van der Waals surface area contributed by atoms with Gasteiger partial charge in [-0.2, -0.15) is 13.2 Å². The van der Waals surface area contributed by atoms with Crippen molar-refractivity contribution in [3.8, 4) is 11.5 Å². The summed E-state index contributed by atoms with van der Waals surface area (Å²) < 4.78 is 53.4. The SMILES string of the molecule is CCN(CCC(F)(F)F)C(=O)/C=C/c1ccc(OCc2c(C)noc2C)c(OC)c1. The molecule has 0 bridgehead atoms. The van der Waals surface area contributed by atoms with Crippen LogP contribution in [0.3, 0.4) is 0 Å². The van der Waals surface area contributed by atoms with Crippen LogP contribution in [0.1, 0.15) is 35.9 Å². The van der Waals surface area contributed by atoms with E-state index in [1.54, 1.807) is 32.0 Å². The lowest BCUT2D eigenvalue weighted by Gasteiger charge is -2.19. The first-order valence-electron chi connectivity index (χ1n) is 9.41. The zero-order valence-corrected chi connectivity index (χ0v) is 17.4. The first kappa shape index (κ1) is 23.3. The van der Waals surface area contributed by atoms with Gasteiger partial charge in [-0.3, -0.25) is 4.79 Å². The van der Waals surface area contributed by atoms with Gasteiger partial charge in [0, 0.05) is 19.2 Å². The maximum absolute atomic E-state index is 12.4. The van der Waals surface area contributed by atoms with Crippen molar-refractivity contribution in [2.75, 3.05) is 20.2 Å². The van der Waals surface area contributed by atoms with Crippen molar-refractivity contribution in [3.05, 3.63) is 46.9 Å². The van der Waals surface area contributed by atoms with Gasteiger partial charge in [0.1, 0.15) is 12.4 Å². The summed E-state index contributed by atoms with van der Waals surface area (Å²) in [6.07, 6.45) is -2.56. The molecule has 0 aliphatic heterocycles. The minimum Gasteiger partial charge on any atom is -0.493 e. The molecular formula is C21H25F3N2O4. The van der Waals surface area contributed by atoms with Gasteiger partial charge in [0.25, 0.3) is 0 Å². The van der Waals surface area contributed by atoms with Crippen molar-refractivity contribution in [1.29, 1.82) is 0 Å². The number of aryl methyl sites for hydroxylation is 2. The van der Waals surface area contributed by atoms with Crippen LogP contribution < -0.4 is 9.47 Å². The number of hydrogen-bond acceptors (Lipinski definition) is 5. The number of amides is 1. The number of methoxy groups -OCH3 is 1. The smallest absolute Gasteiger partial charge is 0.390 e. The Kier molecular flexibility index (Phi) is 7.91. The minimum atomic E-state index is -4.30. The Labute approximate surface area is 173 Å². The van der Waals surface area contributed by atoms with Gasteiger partial charge in [-0.05, 0) is 44.5 Å². The molecule has 0 saturated carbocycles. The molecule has 1 heterocycles. The number of alkyl halides is 3. The maximum atomic E-state index is 12.4. The number of nitrogens with zero attached hydrogens (tertiary/aromatic N) is 2. The number of likely N-dealkylation sites (N-methyl/N-ethyl adjacent to an activating group) is 1. The summed E-state index contributed by atoms with van der Waals surface area (Å²) in [5.74, 6) is 1.15. The molecule has 6 nitrogen and oxygen atoms in total. The highest BCUT2D eigenvalue weighted by atomic mass is 19.4. The van der Waals surface area contributed by atoms with Gasteiger partial charge in [0.2, 0.25) is 5.91 Å². The van der Waals surface area contributed by atoms with Gasteiger partial charge in [0.05, 0.1) is 24.8 Å². The fourth-order valence-electron chi connectivity index (χ4n) is 2.72. The lowest BCUT2D eigenvalue weighted by Crippen LogP contribution is -2.32. The summed E-state index contributed by atoms with van der Waals surface area (Å²) in [7, 11) is 1.49. The van der Waals surface area contributed by atoms with Crippen LogP contribution in [-0.4, -0.2) is 42.3 Å². The number of ether oxygens (including phenoxy) is 2. The fourth-order valence-corrected chi connectivity index (χ4v) is 2.72. The zero-order chi connectivity index (χ0) is 22.3. The predicted molar refractivity (Wildman–Crippen MR) is 105 cm³/mol. The molecule has 0 aliphatic carbocycles. The van der Waals surface area contributed by atoms with Crippen LogP contribution in [0.15, 0.2) is 28.8 Å². The molecule has 1 aromatic heterocycles. The Morgan fingerprint density at radius 2 is 2.00 bits per heavy atom. The molecule has 2 rings (SSSR count). The highest BCUT2D eigenvalue weighted by Crippen LogP contribution is 2.30. The molecule has 0 radical (unpaired) electrons. The van der Waals surface area contributed by atoms with Gasteiger partial charge in [-0.15, -0.1) is 0 Å². The molecular weight excluding hydrogens is 401 g/mol. The topological polar surface area (TPSA) is 64.8 Å². The summed E-state index contributed by atoms with van der Waals surface area (Å²) in [6.45, 7) is 5.34. The normalized spacial score (nSPS) is 11.7. The molecule has 30 heavy (non-hydrogen) atoms.